The molecule has 0 fully saturated rings. The number of amides is 2. The van der Waals surface area contributed by atoms with Crippen LogP contribution in [0.15, 0.2) is 60.7 Å². The summed E-state index contributed by atoms with van der Waals surface area (Å²) in [5.41, 5.74) is 2.64. The number of rotatable bonds is 4. The molecule has 3 aromatic carbocycles. The van der Waals surface area contributed by atoms with Gasteiger partial charge in [-0.1, -0.05) is 18.2 Å². The average Bonchev–Trinajstić information content (AvgIpc) is 2.95. The van der Waals surface area contributed by atoms with E-state index in [-0.39, 0.29) is 16.7 Å². The first-order valence-electron chi connectivity index (χ1n) is 8.97. The molecule has 4 rings (SSSR count). The summed E-state index contributed by atoms with van der Waals surface area (Å²) >= 11 is 0. The van der Waals surface area contributed by atoms with Gasteiger partial charge in [-0.25, -0.2) is 9.69 Å². The summed E-state index contributed by atoms with van der Waals surface area (Å²) in [6, 6.07) is 16.4. The standard InChI is InChI=1S/C23H17NO5/c1-13-4-3-5-14(2)20(13)29-17-9-7-16(8-10-17)24-21(25)18-11-6-15(23(27)28)12-19(18)22(24)26/h3-12H,1-2H3,(H,27,28). The number of benzene rings is 3. The van der Waals surface area contributed by atoms with E-state index in [1.807, 2.05) is 32.0 Å². The lowest BCUT2D eigenvalue weighted by atomic mass is 10.1. The molecule has 0 atom stereocenters. The number of imide groups is 1. The molecule has 6 heteroatoms. The summed E-state index contributed by atoms with van der Waals surface area (Å²) in [7, 11) is 0. The highest BCUT2D eigenvalue weighted by molar-refractivity contribution is 6.34. The number of carboxylic acid groups (broad SMARTS) is 1. The monoisotopic (exact) mass is 387 g/mol. The van der Waals surface area contributed by atoms with Crippen molar-refractivity contribution in [2.24, 2.45) is 0 Å². The van der Waals surface area contributed by atoms with Crippen molar-refractivity contribution in [3.63, 3.8) is 0 Å². The Morgan fingerprint density at radius 3 is 2.10 bits per heavy atom. The zero-order valence-electron chi connectivity index (χ0n) is 15.8. The van der Waals surface area contributed by atoms with Crippen LogP contribution < -0.4 is 9.64 Å². The van der Waals surface area contributed by atoms with Crippen molar-refractivity contribution in [3.8, 4) is 11.5 Å². The Bertz CT molecular complexity index is 1140. The van der Waals surface area contributed by atoms with Gasteiger partial charge < -0.3 is 9.84 Å². The highest BCUT2D eigenvalue weighted by atomic mass is 16.5. The van der Waals surface area contributed by atoms with Gasteiger partial charge >= 0.3 is 5.97 Å². The smallest absolute Gasteiger partial charge is 0.335 e. The van der Waals surface area contributed by atoms with E-state index < -0.39 is 17.8 Å². The topological polar surface area (TPSA) is 83.9 Å². The van der Waals surface area contributed by atoms with Gasteiger partial charge in [0.2, 0.25) is 0 Å². The van der Waals surface area contributed by atoms with Crippen LogP contribution in [0.5, 0.6) is 11.5 Å². The van der Waals surface area contributed by atoms with Crippen LogP contribution in [0.25, 0.3) is 0 Å². The number of aromatic carboxylic acids is 1. The van der Waals surface area contributed by atoms with Gasteiger partial charge in [-0.2, -0.15) is 0 Å². The molecule has 0 radical (unpaired) electrons. The van der Waals surface area contributed by atoms with Gasteiger partial charge in [-0.3, -0.25) is 9.59 Å². The second-order valence-electron chi connectivity index (χ2n) is 6.83. The molecule has 29 heavy (non-hydrogen) atoms. The number of nitrogens with zero attached hydrogens (tertiary/aromatic N) is 1. The van der Waals surface area contributed by atoms with Crippen LogP contribution in [-0.4, -0.2) is 22.9 Å². The first-order valence-corrected chi connectivity index (χ1v) is 8.97. The van der Waals surface area contributed by atoms with Crippen LogP contribution >= 0.6 is 0 Å². The number of hydrogen-bond donors (Lipinski definition) is 1. The number of aryl methyl sites for hydroxylation is 2. The van der Waals surface area contributed by atoms with Gasteiger partial charge in [0.1, 0.15) is 11.5 Å². The van der Waals surface area contributed by atoms with Crippen LogP contribution in [-0.2, 0) is 0 Å². The SMILES string of the molecule is Cc1cccc(C)c1Oc1ccc(N2C(=O)c3ccc(C(=O)O)cc3C2=O)cc1. The molecule has 0 bridgehead atoms. The fourth-order valence-electron chi connectivity index (χ4n) is 3.35. The number of carbonyl (C=O) groups is 3. The van der Waals surface area contributed by atoms with Crippen molar-refractivity contribution in [3.05, 3.63) is 88.5 Å². The number of carboxylic acids is 1. The molecule has 144 valence electrons. The Hall–Kier alpha value is -3.93. The molecule has 0 spiro atoms. The lowest BCUT2D eigenvalue weighted by molar-refractivity contribution is 0.0696. The summed E-state index contributed by atoms with van der Waals surface area (Å²) in [6.45, 7) is 3.92. The first kappa shape index (κ1) is 18.4. The number of hydrogen-bond acceptors (Lipinski definition) is 4. The third-order valence-corrected chi connectivity index (χ3v) is 4.86. The normalized spacial score (nSPS) is 12.8. The fraction of sp³-hybridized carbons (Fsp3) is 0.0870. The Kier molecular flexibility index (Phi) is 4.39. The molecule has 1 aliphatic heterocycles. The number of fused-ring (bicyclic) bond motifs is 1. The maximum absolute atomic E-state index is 12.7. The summed E-state index contributed by atoms with van der Waals surface area (Å²) in [5.74, 6) is -0.834. The number of anilines is 1. The molecule has 1 aliphatic rings. The van der Waals surface area contributed by atoms with E-state index in [2.05, 4.69) is 0 Å². The average molecular weight is 387 g/mol. The molecule has 1 N–H and O–H groups in total. The third kappa shape index (κ3) is 3.14. The molecule has 6 nitrogen and oxygen atoms in total. The van der Waals surface area contributed by atoms with Crippen LogP contribution in [0.3, 0.4) is 0 Å². The van der Waals surface area contributed by atoms with Gasteiger partial charge in [-0.05, 0) is 67.4 Å². The maximum Gasteiger partial charge on any atom is 0.335 e. The summed E-state index contributed by atoms with van der Waals surface area (Å²) in [4.78, 5) is 37.6. The Labute approximate surface area is 167 Å². The Morgan fingerprint density at radius 2 is 1.48 bits per heavy atom. The van der Waals surface area contributed by atoms with Crippen LogP contribution in [0.4, 0.5) is 5.69 Å². The minimum Gasteiger partial charge on any atom is -0.478 e. The van der Waals surface area contributed by atoms with Gasteiger partial charge in [0, 0.05) is 0 Å². The molecule has 1 heterocycles. The van der Waals surface area contributed by atoms with Gasteiger partial charge in [0.25, 0.3) is 11.8 Å². The van der Waals surface area contributed by atoms with Crippen molar-refractivity contribution in [1.82, 2.24) is 0 Å². The highest BCUT2D eigenvalue weighted by Gasteiger charge is 2.37. The van der Waals surface area contributed by atoms with E-state index in [0.717, 1.165) is 21.8 Å². The summed E-state index contributed by atoms with van der Waals surface area (Å²) in [5, 5.41) is 9.12. The predicted octanol–water partition coefficient (Wildman–Crippen LogP) is 4.59. The van der Waals surface area contributed by atoms with Gasteiger partial charge in [-0.15, -0.1) is 0 Å². The lowest BCUT2D eigenvalue weighted by Crippen LogP contribution is -2.29. The Morgan fingerprint density at radius 1 is 0.862 bits per heavy atom. The molecular formula is C23H17NO5. The number of ether oxygens (including phenoxy) is 1. The third-order valence-electron chi connectivity index (χ3n) is 4.86. The van der Waals surface area contributed by atoms with Crippen molar-refractivity contribution >= 4 is 23.5 Å². The van der Waals surface area contributed by atoms with E-state index in [4.69, 9.17) is 9.84 Å². The van der Waals surface area contributed by atoms with Crippen LogP contribution in [0.2, 0.25) is 0 Å². The quantitative estimate of drug-likeness (QED) is 0.662. The lowest BCUT2D eigenvalue weighted by Gasteiger charge is -2.15. The Balaban J connectivity index is 1.62. The molecule has 0 unspecified atom stereocenters. The minimum absolute atomic E-state index is 0.0379. The van der Waals surface area contributed by atoms with E-state index >= 15 is 0 Å². The van der Waals surface area contributed by atoms with E-state index in [1.54, 1.807) is 24.3 Å². The second kappa shape index (κ2) is 6.91. The van der Waals surface area contributed by atoms with Gasteiger partial charge in [0.15, 0.2) is 0 Å². The zero-order chi connectivity index (χ0) is 20.7. The molecule has 0 saturated heterocycles. The van der Waals surface area contributed by atoms with E-state index in [1.165, 1.54) is 18.2 Å². The molecular weight excluding hydrogens is 370 g/mol. The van der Waals surface area contributed by atoms with E-state index in [0.29, 0.717) is 11.4 Å². The predicted molar refractivity (Wildman–Crippen MR) is 107 cm³/mol. The van der Waals surface area contributed by atoms with Crippen LogP contribution in [0.1, 0.15) is 42.2 Å². The number of para-hydroxylation sites is 1. The highest BCUT2D eigenvalue weighted by Crippen LogP contribution is 2.33. The minimum atomic E-state index is -1.15. The van der Waals surface area contributed by atoms with Gasteiger partial charge in [0.05, 0.1) is 22.4 Å². The molecule has 0 aliphatic carbocycles. The second-order valence-corrected chi connectivity index (χ2v) is 6.83. The summed E-state index contributed by atoms with van der Waals surface area (Å²) in [6.07, 6.45) is 0. The van der Waals surface area contributed by atoms with E-state index in [9.17, 15) is 14.4 Å². The molecule has 0 saturated carbocycles. The molecule has 3 aromatic rings. The largest absolute Gasteiger partial charge is 0.478 e. The summed E-state index contributed by atoms with van der Waals surface area (Å²) < 4.78 is 5.96. The van der Waals surface area contributed by atoms with Crippen molar-refractivity contribution < 1.29 is 24.2 Å². The van der Waals surface area contributed by atoms with Crippen LogP contribution in [0, 0.1) is 13.8 Å². The molecule has 2 amide bonds. The van der Waals surface area contributed by atoms with Crippen molar-refractivity contribution in [2.75, 3.05) is 4.90 Å². The van der Waals surface area contributed by atoms with Crippen molar-refractivity contribution in [2.45, 2.75) is 13.8 Å². The zero-order valence-corrected chi connectivity index (χ0v) is 15.8. The number of carbonyl (C=O) groups excluding carboxylic acids is 2. The van der Waals surface area contributed by atoms with Crippen molar-refractivity contribution in [1.29, 1.82) is 0 Å². The fourth-order valence-corrected chi connectivity index (χ4v) is 3.35. The molecule has 0 aromatic heterocycles. The maximum atomic E-state index is 12.7. The first-order chi connectivity index (χ1) is 13.9.